The van der Waals surface area contributed by atoms with Gasteiger partial charge in [0.05, 0.1) is 0 Å². The molecule has 110 valence electrons. The highest BCUT2D eigenvalue weighted by Gasteiger charge is 2.05. The van der Waals surface area contributed by atoms with Gasteiger partial charge in [0.25, 0.3) is 0 Å². The Kier molecular flexibility index (Phi) is 5.53. The average molecular weight is 321 g/mol. The Morgan fingerprint density at radius 1 is 1.19 bits per heavy atom. The number of benzene rings is 2. The highest BCUT2D eigenvalue weighted by atomic mass is 35.5. The number of hydrogen-bond acceptors (Lipinski definition) is 3. The topological polar surface area (TPSA) is 58.6 Å². The molecule has 5 heteroatoms. The summed E-state index contributed by atoms with van der Waals surface area (Å²) in [5.41, 5.74) is 9.83. The normalized spacial score (nSPS) is 11.6. The number of hydrogen-bond donors (Lipinski definition) is 2. The Morgan fingerprint density at radius 3 is 2.57 bits per heavy atom. The summed E-state index contributed by atoms with van der Waals surface area (Å²) in [4.78, 5) is 0. The van der Waals surface area contributed by atoms with Gasteiger partial charge in [-0.25, -0.2) is 0 Å². The van der Waals surface area contributed by atoms with Gasteiger partial charge in [0, 0.05) is 22.1 Å². The van der Waals surface area contributed by atoms with Crippen LogP contribution in [0, 0.1) is 6.92 Å². The molecule has 0 spiro atoms. The van der Waals surface area contributed by atoms with Crippen LogP contribution in [0.2, 0.25) is 5.02 Å². The van der Waals surface area contributed by atoms with E-state index in [1.807, 2.05) is 61.2 Å². The van der Waals surface area contributed by atoms with Gasteiger partial charge < -0.3 is 10.9 Å². The predicted molar refractivity (Wildman–Crippen MR) is 90.1 cm³/mol. The van der Waals surface area contributed by atoms with Crippen molar-refractivity contribution in [2.75, 3.05) is 0 Å². The van der Waals surface area contributed by atoms with Gasteiger partial charge in [-0.3, -0.25) is 0 Å². The fourth-order valence-electron chi connectivity index (χ4n) is 1.96. The number of aryl methyl sites for hydroxylation is 1. The zero-order valence-corrected chi connectivity index (χ0v) is 13.3. The Bertz CT molecular complexity index is 658. The van der Waals surface area contributed by atoms with Crippen molar-refractivity contribution in [3.63, 3.8) is 0 Å². The molecular formula is C16H17ClN2OS. The fraction of sp³-hybridized carbons (Fsp3) is 0.188. The zero-order chi connectivity index (χ0) is 15.2. The lowest BCUT2D eigenvalue weighted by Gasteiger charge is -2.08. The van der Waals surface area contributed by atoms with Crippen LogP contribution in [0.4, 0.5) is 0 Å². The SMILES string of the molecule is Cc1cc(/C(N)=N/O)ccc1CSCc1ccccc1Cl. The molecule has 0 unspecified atom stereocenters. The van der Waals surface area contributed by atoms with Gasteiger partial charge in [0.1, 0.15) is 0 Å². The van der Waals surface area contributed by atoms with Crippen LogP contribution in [0.15, 0.2) is 47.6 Å². The molecule has 0 aliphatic carbocycles. The molecule has 0 fully saturated rings. The quantitative estimate of drug-likeness (QED) is 0.376. The molecule has 0 aliphatic heterocycles. The molecule has 0 amide bonds. The Labute approximate surface area is 133 Å². The molecule has 3 N–H and O–H groups in total. The van der Waals surface area contributed by atoms with Crippen molar-refractivity contribution in [2.45, 2.75) is 18.4 Å². The van der Waals surface area contributed by atoms with E-state index in [1.165, 1.54) is 5.56 Å². The van der Waals surface area contributed by atoms with Gasteiger partial charge >= 0.3 is 0 Å². The van der Waals surface area contributed by atoms with E-state index in [4.69, 9.17) is 22.5 Å². The maximum absolute atomic E-state index is 8.69. The van der Waals surface area contributed by atoms with Crippen molar-refractivity contribution in [2.24, 2.45) is 10.9 Å². The molecule has 3 nitrogen and oxygen atoms in total. The second kappa shape index (κ2) is 7.38. The molecular weight excluding hydrogens is 304 g/mol. The lowest BCUT2D eigenvalue weighted by atomic mass is 10.1. The van der Waals surface area contributed by atoms with E-state index in [0.29, 0.717) is 0 Å². The lowest BCUT2D eigenvalue weighted by molar-refractivity contribution is 0.318. The van der Waals surface area contributed by atoms with E-state index in [9.17, 15) is 0 Å². The van der Waals surface area contributed by atoms with E-state index in [2.05, 4.69) is 5.16 Å². The summed E-state index contributed by atoms with van der Waals surface area (Å²) in [6.45, 7) is 2.03. The van der Waals surface area contributed by atoms with Crippen molar-refractivity contribution >= 4 is 29.2 Å². The van der Waals surface area contributed by atoms with Gasteiger partial charge in [0.15, 0.2) is 5.84 Å². The number of nitrogens with two attached hydrogens (primary N) is 1. The first kappa shape index (κ1) is 15.7. The maximum atomic E-state index is 8.69. The highest BCUT2D eigenvalue weighted by Crippen LogP contribution is 2.24. The van der Waals surface area contributed by atoms with E-state index < -0.39 is 0 Å². The number of thioether (sulfide) groups is 1. The summed E-state index contributed by atoms with van der Waals surface area (Å²) in [7, 11) is 0. The summed E-state index contributed by atoms with van der Waals surface area (Å²) in [6, 6.07) is 13.7. The monoisotopic (exact) mass is 320 g/mol. The molecule has 2 rings (SSSR count). The van der Waals surface area contributed by atoms with Crippen LogP contribution < -0.4 is 5.73 Å². The van der Waals surface area contributed by atoms with E-state index in [1.54, 1.807) is 0 Å². The smallest absolute Gasteiger partial charge is 0.170 e. The predicted octanol–water partition coefficient (Wildman–Crippen LogP) is 4.18. The molecule has 0 bridgehead atoms. The maximum Gasteiger partial charge on any atom is 0.170 e. The van der Waals surface area contributed by atoms with Crippen LogP contribution in [0.25, 0.3) is 0 Å². The van der Waals surface area contributed by atoms with Crippen molar-refractivity contribution in [1.82, 2.24) is 0 Å². The van der Waals surface area contributed by atoms with E-state index in [0.717, 1.165) is 33.2 Å². The van der Waals surface area contributed by atoms with Crippen LogP contribution in [0.5, 0.6) is 0 Å². The third-order valence-corrected chi connectivity index (χ3v) is 4.62. The number of nitrogens with zero attached hydrogens (tertiary/aromatic N) is 1. The third kappa shape index (κ3) is 4.16. The van der Waals surface area contributed by atoms with Crippen molar-refractivity contribution < 1.29 is 5.21 Å². The van der Waals surface area contributed by atoms with Crippen LogP contribution in [-0.2, 0) is 11.5 Å². The Morgan fingerprint density at radius 2 is 1.90 bits per heavy atom. The van der Waals surface area contributed by atoms with Crippen molar-refractivity contribution in [3.05, 3.63) is 69.7 Å². The van der Waals surface area contributed by atoms with Crippen molar-refractivity contribution in [3.8, 4) is 0 Å². The van der Waals surface area contributed by atoms with Gasteiger partial charge in [0.2, 0.25) is 0 Å². The number of rotatable bonds is 5. The average Bonchev–Trinajstić information content (AvgIpc) is 2.50. The number of amidine groups is 1. The molecule has 0 radical (unpaired) electrons. The summed E-state index contributed by atoms with van der Waals surface area (Å²) < 4.78 is 0. The minimum Gasteiger partial charge on any atom is -0.409 e. The minimum atomic E-state index is 0.133. The first-order valence-corrected chi connectivity index (χ1v) is 8.03. The van der Waals surface area contributed by atoms with Gasteiger partial charge in [-0.2, -0.15) is 11.8 Å². The molecule has 0 saturated carbocycles. The summed E-state index contributed by atoms with van der Waals surface area (Å²) >= 11 is 7.96. The summed E-state index contributed by atoms with van der Waals surface area (Å²) in [5.74, 6) is 1.91. The fourth-order valence-corrected chi connectivity index (χ4v) is 3.36. The van der Waals surface area contributed by atoms with Crippen LogP contribution in [-0.4, -0.2) is 11.0 Å². The summed E-state index contributed by atoms with van der Waals surface area (Å²) in [6.07, 6.45) is 0. The minimum absolute atomic E-state index is 0.133. The standard InChI is InChI=1S/C16H17ClN2OS/c1-11-8-12(16(18)19-20)6-7-13(11)9-21-10-14-4-2-3-5-15(14)17/h2-8,20H,9-10H2,1H3,(H2,18,19). The molecule has 0 heterocycles. The second-order valence-corrected chi connectivity index (χ2v) is 6.10. The molecule has 0 aliphatic rings. The zero-order valence-electron chi connectivity index (χ0n) is 11.7. The lowest BCUT2D eigenvalue weighted by Crippen LogP contribution is -2.13. The molecule has 2 aromatic carbocycles. The van der Waals surface area contributed by atoms with E-state index in [-0.39, 0.29) is 5.84 Å². The molecule has 0 saturated heterocycles. The van der Waals surface area contributed by atoms with Gasteiger partial charge in [-0.1, -0.05) is 47.1 Å². The Hall–Kier alpha value is -1.65. The van der Waals surface area contributed by atoms with Crippen LogP contribution >= 0.6 is 23.4 Å². The Balaban J connectivity index is 1.99. The number of oxime groups is 1. The molecule has 2 aromatic rings. The summed E-state index contributed by atoms with van der Waals surface area (Å²) in [5, 5.41) is 12.5. The number of halogens is 1. The molecule has 0 aromatic heterocycles. The first-order chi connectivity index (χ1) is 10.1. The third-order valence-electron chi connectivity index (χ3n) is 3.22. The second-order valence-electron chi connectivity index (χ2n) is 4.71. The van der Waals surface area contributed by atoms with Crippen LogP contribution in [0.1, 0.15) is 22.3 Å². The molecule has 0 atom stereocenters. The largest absolute Gasteiger partial charge is 0.409 e. The van der Waals surface area contributed by atoms with Gasteiger partial charge in [-0.05, 0) is 35.7 Å². The van der Waals surface area contributed by atoms with Crippen molar-refractivity contribution in [1.29, 1.82) is 0 Å². The van der Waals surface area contributed by atoms with Gasteiger partial charge in [-0.15, -0.1) is 0 Å². The highest BCUT2D eigenvalue weighted by molar-refractivity contribution is 7.97. The molecule has 21 heavy (non-hydrogen) atoms. The first-order valence-electron chi connectivity index (χ1n) is 6.50. The van der Waals surface area contributed by atoms with E-state index >= 15 is 0 Å². The van der Waals surface area contributed by atoms with Crippen LogP contribution in [0.3, 0.4) is 0 Å².